The normalized spacial score (nSPS) is 11.6. The van der Waals surface area contributed by atoms with E-state index in [1.165, 1.54) is 23.6 Å². The van der Waals surface area contributed by atoms with Gasteiger partial charge in [0.05, 0.1) is 6.26 Å². The molecule has 0 fully saturated rings. The van der Waals surface area contributed by atoms with Gasteiger partial charge in [0.1, 0.15) is 18.7 Å². The van der Waals surface area contributed by atoms with E-state index >= 15 is 0 Å². The van der Waals surface area contributed by atoms with E-state index in [1.54, 1.807) is 24.4 Å². The number of pyridine rings is 1. The fraction of sp³-hybridized carbons (Fsp3) is 0.136. The smallest absolute Gasteiger partial charge is 0.287 e. The van der Waals surface area contributed by atoms with Crippen LogP contribution in [0.5, 0.6) is 0 Å². The standard InChI is InChI=1S/C22H20N6O3/c29-21(25-13-17-8-4-10-24-20(17)28-15-23-14-26-28)18(12-16-6-2-1-3-7-16)27-22(30)19-9-5-11-31-19/h1-11,14-15,18H,12-13H2,(H,25,29)(H,27,30)/t18-/m1/s1. The Labute approximate surface area is 178 Å². The van der Waals surface area contributed by atoms with Crippen LogP contribution in [0.15, 0.2) is 84.1 Å². The van der Waals surface area contributed by atoms with Crippen molar-refractivity contribution in [2.24, 2.45) is 0 Å². The Hall–Kier alpha value is -4.27. The molecule has 156 valence electrons. The lowest BCUT2D eigenvalue weighted by Crippen LogP contribution is -2.47. The van der Waals surface area contributed by atoms with E-state index in [2.05, 4.69) is 25.7 Å². The Morgan fingerprint density at radius 3 is 2.68 bits per heavy atom. The molecule has 9 nitrogen and oxygen atoms in total. The summed E-state index contributed by atoms with van der Waals surface area (Å²) in [7, 11) is 0. The Morgan fingerprint density at radius 1 is 1.06 bits per heavy atom. The summed E-state index contributed by atoms with van der Waals surface area (Å²) in [6, 6.07) is 15.5. The molecule has 0 radical (unpaired) electrons. The van der Waals surface area contributed by atoms with Crippen molar-refractivity contribution in [3.8, 4) is 5.82 Å². The third-order valence-corrected chi connectivity index (χ3v) is 4.61. The summed E-state index contributed by atoms with van der Waals surface area (Å²) >= 11 is 0. The van der Waals surface area contributed by atoms with Crippen molar-refractivity contribution < 1.29 is 14.0 Å². The summed E-state index contributed by atoms with van der Waals surface area (Å²) < 4.78 is 6.67. The average Bonchev–Trinajstić information content (AvgIpc) is 3.52. The minimum atomic E-state index is -0.786. The zero-order valence-electron chi connectivity index (χ0n) is 16.5. The molecule has 0 aliphatic rings. The Morgan fingerprint density at radius 2 is 1.94 bits per heavy atom. The summed E-state index contributed by atoms with van der Waals surface area (Å²) in [6.07, 6.45) is 6.34. The van der Waals surface area contributed by atoms with Crippen molar-refractivity contribution >= 4 is 11.8 Å². The highest BCUT2D eigenvalue weighted by Crippen LogP contribution is 2.10. The number of furan rings is 1. The fourth-order valence-electron chi connectivity index (χ4n) is 3.09. The van der Waals surface area contributed by atoms with Crippen LogP contribution >= 0.6 is 0 Å². The van der Waals surface area contributed by atoms with Crippen molar-refractivity contribution in [1.29, 1.82) is 0 Å². The Kier molecular flexibility index (Phi) is 6.13. The maximum absolute atomic E-state index is 13.0. The molecular weight excluding hydrogens is 396 g/mol. The quantitative estimate of drug-likeness (QED) is 0.453. The first kappa shape index (κ1) is 20.0. The maximum Gasteiger partial charge on any atom is 0.287 e. The molecule has 9 heteroatoms. The predicted molar refractivity (Wildman–Crippen MR) is 111 cm³/mol. The largest absolute Gasteiger partial charge is 0.459 e. The van der Waals surface area contributed by atoms with Gasteiger partial charge in [-0.05, 0) is 23.8 Å². The zero-order chi connectivity index (χ0) is 21.5. The lowest BCUT2D eigenvalue weighted by atomic mass is 10.0. The molecule has 4 rings (SSSR count). The van der Waals surface area contributed by atoms with Gasteiger partial charge in [-0.1, -0.05) is 36.4 Å². The van der Waals surface area contributed by atoms with Crippen LogP contribution in [-0.4, -0.2) is 37.6 Å². The van der Waals surface area contributed by atoms with Crippen LogP contribution < -0.4 is 10.6 Å². The molecule has 3 aromatic heterocycles. The molecular formula is C22H20N6O3. The Balaban J connectivity index is 1.49. The van der Waals surface area contributed by atoms with Gasteiger partial charge in [-0.3, -0.25) is 9.59 Å². The van der Waals surface area contributed by atoms with Crippen LogP contribution in [0.4, 0.5) is 0 Å². The number of carbonyl (C=O) groups is 2. The third kappa shape index (κ3) is 5.02. The van der Waals surface area contributed by atoms with Crippen molar-refractivity contribution in [2.75, 3.05) is 0 Å². The van der Waals surface area contributed by atoms with Gasteiger partial charge in [0, 0.05) is 24.7 Å². The molecule has 2 amide bonds. The fourth-order valence-corrected chi connectivity index (χ4v) is 3.09. The summed E-state index contributed by atoms with van der Waals surface area (Å²) in [5.74, 6) is -0.0611. The van der Waals surface area contributed by atoms with Crippen LogP contribution in [0.25, 0.3) is 5.82 Å². The monoisotopic (exact) mass is 416 g/mol. The van der Waals surface area contributed by atoms with E-state index in [0.717, 1.165) is 11.1 Å². The van der Waals surface area contributed by atoms with Crippen LogP contribution in [0, 0.1) is 0 Å². The van der Waals surface area contributed by atoms with E-state index in [0.29, 0.717) is 12.2 Å². The molecule has 3 heterocycles. The molecule has 31 heavy (non-hydrogen) atoms. The molecule has 0 unspecified atom stereocenters. The summed E-state index contributed by atoms with van der Waals surface area (Å²) in [5, 5.41) is 9.74. The van der Waals surface area contributed by atoms with Crippen LogP contribution in [0.3, 0.4) is 0 Å². The number of nitrogens with one attached hydrogen (secondary N) is 2. The number of hydrogen-bond donors (Lipinski definition) is 2. The minimum absolute atomic E-state index is 0.145. The zero-order valence-corrected chi connectivity index (χ0v) is 16.5. The minimum Gasteiger partial charge on any atom is -0.459 e. The van der Waals surface area contributed by atoms with Gasteiger partial charge < -0.3 is 15.1 Å². The van der Waals surface area contributed by atoms with E-state index in [9.17, 15) is 9.59 Å². The second-order valence-electron chi connectivity index (χ2n) is 6.74. The molecule has 2 N–H and O–H groups in total. The Bertz CT molecular complexity index is 1130. The second-order valence-corrected chi connectivity index (χ2v) is 6.74. The van der Waals surface area contributed by atoms with Gasteiger partial charge in [0.25, 0.3) is 5.91 Å². The number of nitrogens with zero attached hydrogens (tertiary/aromatic N) is 4. The highest BCUT2D eigenvalue weighted by atomic mass is 16.3. The number of rotatable bonds is 8. The van der Waals surface area contributed by atoms with E-state index < -0.39 is 11.9 Å². The molecule has 0 spiro atoms. The van der Waals surface area contributed by atoms with Crippen molar-refractivity contribution in [3.05, 3.63) is 96.6 Å². The predicted octanol–water partition coefficient (Wildman–Crippen LogP) is 1.91. The van der Waals surface area contributed by atoms with Crippen molar-refractivity contribution in [2.45, 2.75) is 19.0 Å². The SMILES string of the molecule is O=C(N[C@H](Cc1ccccc1)C(=O)NCc1cccnc1-n1cncn1)c1ccco1. The van der Waals surface area contributed by atoms with Gasteiger partial charge in [-0.25, -0.2) is 14.6 Å². The van der Waals surface area contributed by atoms with E-state index in [4.69, 9.17) is 4.42 Å². The van der Waals surface area contributed by atoms with Crippen molar-refractivity contribution in [1.82, 2.24) is 30.4 Å². The average molecular weight is 416 g/mol. The molecule has 0 bridgehead atoms. The van der Waals surface area contributed by atoms with Gasteiger partial charge in [-0.15, -0.1) is 0 Å². The van der Waals surface area contributed by atoms with Gasteiger partial charge >= 0.3 is 0 Å². The first-order valence-electron chi connectivity index (χ1n) is 9.65. The van der Waals surface area contributed by atoms with Crippen LogP contribution in [0.2, 0.25) is 0 Å². The molecule has 0 aliphatic carbocycles. The maximum atomic E-state index is 13.0. The highest BCUT2D eigenvalue weighted by molar-refractivity contribution is 5.95. The molecule has 1 aromatic carbocycles. The lowest BCUT2D eigenvalue weighted by molar-refractivity contribution is -0.123. The number of amides is 2. The van der Waals surface area contributed by atoms with Gasteiger partial charge in [0.2, 0.25) is 5.91 Å². The molecule has 1 atom stereocenters. The van der Waals surface area contributed by atoms with Crippen LogP contribution in [0.1, 0.15) is 21.7 Å². The molecule has 0 saturated heterocycles. The summed E-state index contributed by atoms with van der Waals surface area (Å²) in [4.78, 5) is 33.7. The van der Waals surface area contributed by atoms with Crippen LogP contribution in [-0.2, 0) is 17.8 Å². The molecule has 0 aliphatic heterocycles. The third-order valence-electron chi connectivity index (χ3n) is 4.61. The van der Waals surface area contributed by atoms with E-state index in [-0.39, 0.29) is 18.2 Å². The van der Waals surface area contributed by atoms with E-state index in [1.807, 2.05) is 36.4 Å². The van der Waals surface area contributed by atoms with Gasteiger partial charge in [-0.2, -0.15) is 5.10 Å². The number of benzene rings is 1. The summed E-state index contributed by atoms with van der Waals surface area (Å²) in [6.45, 7) is 0.212. The highest BCUT2D eigenvalue weighted by Gasteiger charge is 2.23. The number of hydrogen-bond acceptors (Lipinski definition) is 6. The van der Waals surface area contributed by atoms with Crippen molar-refractivity contribution in [3.63, 3.8) is 0 Å². The number of aromatic nitrogens is 4. The molecule has 4 aromatic rings. The first-order valence-corrected chi connectivity index (χ1v) is 9.65. The molecule has 0 saturated carbocycles. The second kappa shape index (κ2) is 9.49. The van der Waals surface area contributed by atoms with Gasteiger partial charge in [0.15, 0.2) is 11.6 Å². The topological polar surface area (TPSA) is 115 Å². The number of carbonyl (C=O) groups excluding carboxylic acids is 2. The first-order chi connectivity index (χ1) is 15.2. The lowest BCUT2D eigenvalue weighted by Gasteiger charge is -2.18. The summed E-state index contributed by atoms with van der Waals surface area (Å²) in [5.41, 5.74) is 1.68.